The third kappa shape index (κ3) is 3.62. The van der Waals surface area contributed by atoms with Crippen molar-refractivity contribution in [2.45, 2.75) is 37.5 Å². The third-order valence-corrected chi connectivity index (χ3v) is 6.58. The number of benzene rings is 2. The Labute approximate surface area is 176 Å². The van der Waals surface area contributed by atoms with Crippen molar-refractivity contribution < 1.29 is 18.0 Å². The van der Waals surface area contributed by atoms with E-state index >= 15 is 0 Å². The Kier molecular flexibility index (Phi) is 5.08. The molecule has 2 N–H and O–H groups in total. The van der Waals surface area contributed by atoms with Gasteiger partial charge in [-0.3, -0.25) is 4.79 Å². The van der Waals surface area contributed by atoms with E-state index in [4.69, 9.17) is 23.2 Å². The van der Waals surface area contributed by atoms with Crippen LogP contribution in [0.25, 0.3) is 0 Å². The lowest BCUT2D eigenvalue weighted by molar-refractivity contribution is -0.137. The van der Waals surface area contributed by atoms with Crippen LogP contribution < -0.4 is 10.6 Å². The minimum absolute atomic E-state index is 0.119. The summed E-state index contributed by atoms with van der Waals surface area (Å²) in [5, 5.41) is 5.60. The Morgan fingerprint density at radius 1 is 1.24 bits per heavy atom. The van der Waals surface area contributed by atoms with Crippen molar-refractivity contribution in [1.29, 1.82) is 0 Å². The van der Waals surface area contributed by atoms with Gasteiger partial charge in [0.1, 0.15) is 0 Å². The molecule has 1 unspecified atom stereocenters. The Bertz CT molecular complexity index is 965. The largest absolute Gasteiger partial charge is 0.417 e. The zero-order valence-corrected chi connectivity index (χ0v) is 17.1. The van der Waals surface area contributed by atoms with E-state index in [2.05, 4.69) is 10.6 Å². The number of hydrogen-bond donors (Lipinski definition) is 2. The first-order valence-electron chi connectivity index (χ1n) is 9.28. The molecule has 1 saturated carbocycles. The Hall–Kier alpha value is -1.76. The molecule has 154 valence electrons. The second kappa shape index (κ2) is 7.18. The highest BCUT2D eigenvalue weighted by molar-refractivity contribution is 6.40. The smallest absolute Gasteiger partial charge is 0.343 e. The van der Waals surface area contributed by atoms with Crippen LogP contribution in [0.5, 0.6) is 0 Å². The number of aryl methyl sites for hydroxylation is 1. The van der Waals surface area contributed by atoms with Crippen molar-refractivity contribution in [1.82, 2.24) is 10.6 Å². The molecule has 0 aromatic heterocycles. The van der Waals surface area contributed by atoms with Gasteiger partial charge < -0.3 is 10.6 Å². The maximum atomic E-state index is 13.2. The van der Waals surface area contributed by atoms with Gasteiger partial charge in [0.2, 0.25) is 0 Å². The van der Waals surface area contributed by atoms with Crippen LogP contribution in [-0.2, 0) is 6.18 Å². The third-order valence-electron chi connectivity index (χ3n) is 5.88. The summed E-state index contributed by atoms with van der Waals surface area (Å²) in [6.45, 7) is 2.81. The van der Waals surface area contributed by atoms with Gasteiger partial charge in [0.05, 0.1) is 27.2 Å². The lowest BCUT2D eigenvalue weighted by Crippen LogP contribution is -2.54. The predicted molar refractivity (Wildman–Crippen MR) is 106 cm³/mol. The number of halogens is 5. The van der Waals surface area contributed by atoms with Gasteiger partial charge in [-0.25, -0.2) is 0 Å². The molecule has 1 aliphatic carbocycles. The summed E-state index contributed by atoms with van der Waals surface area (Å²) in [6.07, 6.45) is -2.88. The van der Waals surface area contributed by atoms with Gasteiger partial charge in [0.15, 0.2) is 0 Å². The highest BCUT2D eigenvalue weighted by atomic mass is 35.5. The number of hydrogen-bond acceptors (Lipinski definition) is 2. The fourth-order valence-corrected chi connectivity index (χ4v) is 5.17. The minimum atomic E-state index is -4.68. The topological polar surface area (TPSA) is 41.1 Å². The maximum Gasteiger partial charge on any atom is 0.417 e. The van der Waals surface area contributed by atoms with Crippen LogP contribution in [0.1, 0.15) is 45.9 Å². The number of alkyl halides is 3. The lowest BCUT2D eigenvalue weighted by Gasteiger charge is -2.44. The summed E-state index contributed by atoms with van der Waals surface area (Å²) in [5.41, 5.74) is 0.176. The van der Waals surface area contributed by atoms with Crippen molar-refractivity contribution >= 4 is 29.1 Å². The number of fused-ring (bicyclic) bond motifs is 1. The average molecular weight is 443 g/mol. The molecule has 1 atom stereocenters. The fourth-order valence-electron chi connectivity index (χ4n) is 4.52. The van der Waals surface area contributed by atoms with Gasteiger partial charge in [-0.15, -0.1) is 0 Å². The second-order valence-corrected chi connectivity index (χ2v) is 8.70. The summed E-state index contributed by atoms with van der Waals surface area (Å²) in [4.78, 5) is 13.1. The molecule has 1 amide bonds. The molecule has 2 saturated heterocycles. The molecule has 3 fully saturated rings. The molecule has 2 aromatic rings. The van der Waals surface area contributed by atoms with Gasteiger partial charge in [-0.1, -0.05) is 53.0 Å². The monoisotopic (exact) mass is 442 g/mol. The molecule has 0 spiro atoms. The molecule has 3 nitrogen and oxygen atoms in total. The fraction of sp³-hybridized carbons (Fsp3) is 0.381. The first-order chi connectivity index (χ1) is 13.6. The number of amides is 1. The van der Waals surface area contributed by atoms with E-state index in [1.54, 1.807) is 0 Å². The molecule has 29 heavy (non-hydrogen) atoms. The molecule has 5 rings (SSSR count). The van der Waals surface area contributed by atoms with Crippen LogP contribution in [0.4, 0.5) is 13.2 Å². The van der Waals surface area contributed by atoms with Crippen molar-refractivity contribution in [2.24, 2.45) is 5.92 Å². The quantitative estimate of drug-likeness (QED) is 0.651. The standard InChI is InChI=1S/C21H19Cl2F3N2O/c1-11-3-2-4-13(7-11)18(20-8-12(9-20)10-27-20)28-19(29)16-15(22)6-5-14(17(16)23)21(24,25)26/h2-7,12,18,27H,8-10H2,1H3,(H,28,29). The van der Waals surface area contributed by atoms with Crippen LogP contribution in [0.3, 0.4) is 0 Å². The summed E-state index contributed by atoms with van der Waals surface area (Å²) in [5.74, 6) is -0.163. The Morgan fingerprint density at radius 2 is 1.97 bits per heavy atom. The summed E-state index contributed by atoms with van der Waals surface area (Å²) in [6, 6.07) is 9.17. The molecule has 8 heteroatoms. The Balaban J connectivity index is 1.71. The SMILES string of the molecule is Cc1cccc(C(NC(=O)c2c(Cl)ccc(C(F)(F)F)c2Cl)C23CC(CN2)C3)c1. The van der Waals surface area contributed by atoms with Gasteiger partial charge in [0.25, 0.3) is 5.91 Å². The zero-order valence-electron chi connectivity index (χ0n) is 15.5. The van der Waals surface area contributed by atoms with E-state index in [-0.39, 0.29) is 16.1 Å². The van der Waals surface area contributed by atoms with Crippen LogP contribution in [0.2, 0.25) is 10.0 Å². The summed E-state index contributed by atoms with van der Waals surface area (Å²) >= 11 is 12.0. The van der Waals surface area contributed by atoms with Crippen LogP contribution in [0, 0.1) is 12.8 Å². The van der Waals surface area contributed by atoms with Gasteiger partial charge in [0, 0.05) is 5.54 Å². The number of rotatable bonds is 4. The van der Waals surface area contributed by atoms with Gasteiger partial charge in [-0.2, -0.15) is 13.2 Å². The highest BCUT2D eigenvalue weighted by Crippen LogP contribution is 2.51. The van der Waals surface area contributed by atoms with Gasteiger partial charge >= 0.3 is 6.18 Å². The second-order valence-electron chi connectivity index (χ2n) is 7.91. The van der Waals surface area contributed by atoms with E-state index in [1.807, 2.05) is 31.2 Å². The molecule has 2 bridgehead atoms. The molecule has 3 aliphatic rings. The number of nitrogens with one attached hydrogen (secondary N) is 2. The number of carbonyl (C=O) groups excluding carboxylic acids is 1. The molecule has 2 heterocycles. The first-order valence-corrected chi connectivity index (χ1v) is 10.0. The van der Waals surface area contributed by atoms with Crippen molar-refractivity contribution in [3.8, 4) is 0 Å². The van der Waals surface area contributed by atoms with Crippen LogP contribution >= 0.6 is 23.2 Å². The maximum absolute atomic E-state index is 13.2. The molecule has 2 aliphatic heterocycles. The molecular weight excluding hydrogens is 424 g/mol. The first kappa shape index (κ1) is 20.5. The predicted octanol–water partition coefficient (Wildman–Crippen LogP) is 5.54. The normalized spacial score (nSPS) is 24.1. The zero-order chi connectivity index (χ0) is 21.0. The summed E-state index contributed by atoms with van der Waals surface area (Å²) in [7, 11) is 0. The summed E-state index contributed by atoms with van der Waals surface area (Å²) < 4.78 is 39.7. The molecule has 0 radical (unpaired) electrons. The van der Waals surface area contributed by atoms with E-state index in [1.165, 1.54) is 0 Å². The van der Waals surface area contributed by atoms with E-state index in [0.717, 1.165) is 42.6 Å². The van der Waals surface area contributed by atoms with E-state index in [9.17, 15) is 18.0 Å². The van der Waals surface area contributed by atoms with Crippen molar-refractivity contribution in [2.75, 3.05) is 6.54 Å². The minimum Gasteiger partial charge on any atom is -0.343 e. The van der Waals surface area contributed by atoms with E-state index in [0.29, 0.717) is 5.92 Å². The van der Waals surface area contributed by atoms with Crippen LogP contribution in [0.15, 0.2) is 36.4 Å². The van der Waals surface area contributed by atoms with Crippen molar-refractivity contribution in [3.63, 3.8) is 0 Å². The van der Waals surface area contributed by atoms with Gasteiger partial charge in [-0.05, 0) is 49.9 Å². The Morgan fingerprint density at radius 3 is 2.55 bits per heavy atom. The average Bonchev–Trinajstić information content (AvgIpc) is 3.20. The highest BCUT2D eigenvalue weighted by Gasteiger charge is 2.55. The van der Waals surface area contributed by atoms with Crippen molar-refractivity contribution in [3.05, 3.63) is 68.7 Å². The molecular formula is C21H19Cl2F3N2O. The molecule has 2 aromatic carbocycles. The van der Waals surface area contributed by atoms with Crippen LogP contribution in [-0.4, -0.2) is 18.0 Å². The number of carbonyl (C=O) groups is 1. The lowest BCUT2D eigenvalue weighted by atomic mass is 9.67. The van der Waals surface area contributed by atoms with E-state index < -0.39 is 28.7 Å².